The molecule has 2 saturated carbocycles. The number of carbonyl (C=O) groups excluding carboxylic acids is 3. The second kappa shape index (κ2) is 7.85. The van der Waals surface area contributed by atoms with Crippen molar-refractivity contribution in [2.24, 2.45) is 23.7 Å². The van der Waals surface area contributed by atoms with E-state index >= 15 is 0 Å². The Balaban J connectivity index is 1.49. The molecule has 0 radical (unpaired) electrons. The third kappa shape index (κ3) is 3.37. The average Bonchev–Trinajstić information content (AvgIpc) is 3.36. The van der Waals surface area contributed by atoms with Gasteiger partial charge in [0.05, 0.1) is 16.7 Å². The second-order valence-electron chi connectivity index (χ2n) is 7.99. The largest absolute Gasteiger partial charge is 0.462 e. The topological polar surface area (TPSA) is 97.8 Å². The number of esters is 1. The Hall–Kier alpha value is -2.13. The first-order chi connectivity index (χ1) is 14.3. The summed E-state index contributed by atoms with van der Waals surface area (Å²) in [5.41, 5.74) is 0.890. The lowest BCUT2D eigenvalue weighted by atomic mass is 9.81. The van der Waals surface area contributed by atoms with Crippen LogP contribution >= 0.6 is 11.8 Å². The molecule has 2 amide bonds. The molecule has 1 aromatic rings. The summed E-state index contributed by atoms with van der Waals surface area (Å²) in [5.74, 6) is -2.21. The Kier molecular flexibility index (Phi) is 5.52. The summed E-state index contributed by atoms with van der Waals surface area (Å²) < 4.78 is 31.6. The number of ether oxygens (including phenoxy) is 1. The van der Waals surface area contributed by atoms with E-state index in [9.17, 15) is 22.8 Å². The van der Waals surface area contributed by atoms with Gasteiger partial charge in [-0.1, -0.05) is 24.3 Å². The molecule has 4 rings (SSSR count). The van der Waals surface area contributed by atoms with Crippen molar-refractivity contribution in [3.8, 4) is 0 Å². The number of benzene rings is 1. The SMILES string of the molecule is C=CC(=O)OCCSC1CC2CC1C1C(=O)N(S(=O)(=O)c3ccc(C)cc3)C(=O)C21. The highest BCUT2D eigenvalue weighted by molar-refractivity contribution is 7.99. The van der Waals surface area contributed by atoms with E-state index in [1.807, 2.05) is 6.92 Å². The molecule has 1 aromatic carbocycles. The van der Waals surface area contributed by atoms with Crippen LogP contribution in [0.25, 0.3) is 0 Å². The van der Waals surface area contributed by atoms with Crippen molar-refractivity contribution in [3.63, 3.8) is 0 Å². The minimum Gasteiger partial charge on any atom is -0.462 e. The molecule has 0 N–H and O–H groups in total. The Labute approximate surface area is 179 Å². The summed E-state index contributed by atoms with van der Waals surface area (Å²) >= 11 is 1.62. The molecule has 5 atom stereocenters. The van der Waals surface area contributed by atoms with E-state index in [1.54, 1.807) is 23.9 Å². The Morgan fingerprint density at radius 3 is 2.53 bits per heavy atom. The lowest BCUT2D eigenvalue weighted by Crippen LogP contribution is -2.38. The summed E-state index contributed by atoms with van der Waals surface area (Å²) in [7, 11) is -4.21. The van der Waals surface area contributed by atoms with Crippen molar-refractivity contribution in [3.05, 3.63) is 42.5 Å². The fourth-order valence-corrected chi connectivity index (χ4v) is 7.82. The number of rotatable bonds is 7. The first-order valence-corrected chi connectivity index (χ1v) is 12.3. The van der Waals surface area contributed by atoms with E-state index < -0.39 is 39.6 Å². The quantitative estimate of drug-likeness (QED) is 0.272. The van der Waals surface area contributed by atoms with Gasteiger partial charge in [-0.15, -0.1) is 0 Å². The molecule has 3 fully saturated rings. The molecule has 5 unspecified atom stereocenters. The predicted octanol–water partition coefficient (Wildman–Crippen LogP) is 2.16. The number of carbonyl (C=O) groups is 3. The first-order valence-electron chi connectivity index (χ1n) is 9.86. The van der Waals surface area contributed by atoms with Crippen molar-refractivity contribution in [1.82, 2.24) is 4.31 Å². The summed E-state index contributed by atoms with van der Waals surface area (Å²) in [4.78, 5) is 37.2. The monoisotopic (exact) mass is 449 g/mol. The van der Waals surface area contributed by atoms with Crippen LogP contribution in [0.4, 0.5) is 0 Å². The van der Waals surface area contributed by atoms with Gasteiger partial charge in [0, 0.05) is 17.1 Å². The molecule has 1 heterocycles. The molecular weight excluding hydrogens is 426 g/mol. The van der Waals surface area contributed by atoms with Gasteiger partial charge < -0.3 is 4.74 Å². The molecule has 0 aromatic heterocycles. The summed E-state index contributed by atoms with van der Waals surface area (Å²) in [5, 5.41) is 0.150. The van der Waals surface area contributed by atoms with Crippen LogP contribution < -0.4 is 0 Å². The molecule has 2 aliphatic carbocycles. The van der Waals surface area contributed by atoms with Gasteiger partial charge in [0.1, 0.15) is 6.61 Å². The van der Waals surface area contributed by atoms with Gasteiger partial charge in [0.15, 0.2) is 0 Å². The van der Waals surface area contributed by atoms with Crippen LogP contribution in [-0.4, -0.2) is 48.1 Å². The third-order valence-electron chi connectivity index (χ3n) is 6.30. The van der Waals surface area contributed by atoms with E-state index in [1.165, 1.54) is 12.1 Å². The fourth-order valence-electron chi connectivity index (χ4n) is 5.02. The van der Waals surface area contributed by atoms with Crippen LogP contribution in [0.2, 0.25) is 0 Å². The van der Waals surface area contributed by atoms with Crippen molar-refractivity contribution in [2.75, 3.05) is 12.4 Å². The van der Waals surface area contributed by atoms with Gasteiger partial charge in [0.2, 0.25) is 11.8 Å². The van der Waals surface area contributed by atoms with Crippen molar-refractivity contribution in [1.29, 1.82) is 0 Å². The van der Waals surface area contributed by atoms with Crippen LogP contribution in [0.5, 0.6) is 0 Å². The average molecular weight is 450 g/mol. The molecular formula is C21H23NO6S2. The van der Waals surface area contributed by atoms with E-state index in [4.69, 9.17) is 4.74 Å². The lowest BCUT2D eigenvalue weighted by Gasteiger charge is -2.27. The molecule has 160 valence electrons. The summed E-state index contributed by atoms with van der Waals surface area (Å²) in [6.45, 7) is 5.43. The molecule has 0 spiro atoms. The Morgan fingerprint density at radius 2 is 1.87 bits per heavy atom. The van der Waals surface area contributed by atoms with Crippen LogP contribution in [0.1, 0.15) is 18.4 Å². The van der Waals surface area contributed by atoms with Gasteiger partial charge in [-0.25, -0.2) is 13.2 Å². The standard InChI is InChI=1S/C21H23NO6S2/c1-3-17(23)28-8-9-29-16-11-13-10-15(16)19-18(13)20(24)22(21(19)25)30(26,27)14-6-4-12(2)5-7-14/h3-7,13,15-16,18-19H,1,8-11H2,2H3. The minimum atomic E-state index is -4.21. The molecule has 3 aliphatic rings. The highest BCUT2D eigenvalue weighted by Gasteiger charge is 2.66. The van der Waals surface area contributed by atoms with Crippen LogP contribution in [0.15, 0.2) is 41.8 Å². The second-order valence-corrected chi connectivity index (χ2v) is 11.1. The van der Waals surface area contributed by atoms with E-state index in [0.717, 1.165) is 24.5 Å². The van der Waals surface area contributed by atoms with E-state index in [-0.39, 0.29) is 28.6 Å². The molecule has 1 aliphatic heterocycles. The number of hydrogen-bond acceptors (Lipinski definition) is 7. The highest BCUT2D eigenvalue weighted by Crippen LogP contribution is 2.59. The van der Waals surface area contributed by atoms with Crippen LogP contribution in [-0.2, 0) is 29.1 Å². The first kappa shape index (κ1) is 21.1. The van der Waals surface area contributed by atoms with Crippen LogP contribution in [0, 0.1) is 30.6 Å². The van der Waals surface area contributed by atoms with Gasteiger partial charge >= 0.3 is 5.97 Å². The maximum Gasteiger partial charge on any atom is 0.330 e. The number of sulfonamides is 1. The number of imide groups is 1. The van der Waals surface area contributed by atoms with Gasteiger partial charge in [-0.05, 0) is 43.7 Å². The normalized spacial score (nSPS) is 29.9. The number of hydrogen-bond donors (Lipinski definition) is 0. The molecule has 1 saturated heterocycles. The number of thioether (sulfide) groups is 1. The minimum absolute atomic E-state index is 0.0166. The number of fused-ring (bicyclic) bond motifs is 5. The Bertz CT molecular complexity index is 1000. The van der Waals surface area contributed by atoms with Crippen molar-refractivity contribution in [2.45, 2.75) is 29.9 Å². The third-order valence-corrected chi connectivity index (χ3v) is 9.38. The van der Waals surface area contributed by atoms with E-state index in [0.29, 0.717) is 10.1 Å². The highest BCUT2D eigenvalue weighted by atomic mass is 32.2. The summed E-state index contributed by atoms with van der Waals surface area (Å²) in [6.07, 6.45) is 2.64. The smallest absolute Gasteiger partial charge is 0.330 e. The van der Waals surface area contributed by atoms with Gasteiger partial charge in [0.25, 0.3) is 10.0 Å². The summed E-state index contributed by atoms with van der Waals surface area (Å²) in [6, 6.07) is 6.15. The number of aryl methyl sites for hydroxylation is 1. The van der Waals surface area contributed by atoms with Crippen LogP contribution in [0.3, 0.4) is 0 Å². The maximum atomic E-state index is 13.1. The van der Waals surface area contributed by atoms with Crippen molar-refractivity contribution >= 4 is 39.6 Å². The van der Waals surface area contributed by atoms with Crippen molar-refractivity contribution < 1.29 is 27.5 Å². The number of nitrogens with zero attached hydrogens (tertiary/aromatic N) is 1. The molecule has 9 heteroatoms. The fraction of sp³-hybridized carbons (Fsp3) is 0.476. The Morgan fingerprint density at radius 1 is 1.20 bits per heavy atom. The zero-order valence-corrected chi connectivity index (χ0v) is 18.2. The molecule has 7 nitrogen and oxygen atoms in total. The maximum absolute atomic E-state index is 13.1. The molecule has 2 bridgehead atoms. The van der Waals surface area contributed by atoms with Gasteiger partial charge in [-0.3, -0.25) is 9.59 Å². The zero-order valence-electron chi connectivity index (χ0n) is 16.5. The zero-order chi connectivity index (χ0) is 21.6. The molecule has 30 heavy (non-hydrogen) atoms. The predicted molar refractivity (Wildman–Crippen MR) is 111 cm³/mol. The van der Waals surface area contributed by atoms with E-state index in [2.05, 4.69) is 6.58 Å². The lowest BCUT2D eigenvalue weighted by molar-refractivity contribution is -0.137. The number of amides is 2. The van der Waals surface area contributed by atoms with Gasteiger partial charge in [-0.2, -0.15) is 16.1 Å².